The lowest BCUT2D eigenvalue weighted by Gasteiger charge is -2.18. The Morgan fingerprint density at radius 3 is 2.65 bits per heavy atom. The first-order valence-corrected chi connectivity index (χ1v) is 6.25. The highest BCUT2D eigenvalue weighted by atomic mass is 79.9. The van der Waals surface area contributed by atoms with E-state index in [2.05, 4.69) is 15.9 Å². The highest BCUT2D eigenvalue weighted by Crippen LogP contribution is 2.23. The van der Waals surface area contributed by atoms with Crippen molar-refractivity contribution in [3.05, 3.63) is 23.8 Å². The Bertz CT molecular complexity index is 407. The number of hydrogen-bond donors (Lipinski definition) is 2. The molecule has 0 saturated heterocycles. The third-order valence-corrected chi connectivity index (χ3v) is 2.88. The fraction of sp³-hybridized carbons (Fsp3) is 0.417. The first-order chi connectivity index (χ1) is 7.91. The largest absolute Gasteiger partial charge is 0.508 e. The van der Waals surface area contributed by atoms with Crippen LogP contribution in [0.3, 0.4) is 0 Å². The monoisotopic (exact) mass is 301 g/mol. The van der Waals surface area contributed by atoms with Gasteiger partial charge >= 0.3 is 0 Å². The molecule has 0 fully saturated rings. The van der Waals surface area contributed by atoms with Gasteiger partial charge in [-0.1, -0.05) is 22.9 Å². The van der Waals surface area contributed by atoms with E-state index in [1.165, 1.54) is 12.1 Å². The Hall–Kier alpha value is -1.23. The molecule has 1 rings (SSSR count). The number of benzene rings is 1. The number of alkyl halides is 1. The van der Waals surface area contributed by atoms with Crippen molar-refractivity contribution in [3.63, 3.8) is 0 Å². The number of phenolic OH excluding ortho intramolecular Hbond substituents is 2. The van der Waals surface area contributed by atoms with Crippen LogP contribution >= 0.6 is 15.9 Å². The van der Waals surface area contributed by atoms with Crippen molar-refractivity contribution in [2.24, 2.45) is 0 Å². The average molecular weight is 302 g/mol. The first kappa shape index (κ1) is 13.8. The lowest BCUT2D eigenvalue weighted by molar-refractivity contribution is 0.0791. The molecule has 0 radical (unpaired) electrons. The van der Waals surface area contributed by atoms with Crippen molar-refractivity contribution in [2.45, 2.75) is 18.2 Å². The molecule has 2 N–H and O–H groups in total. The van der Waals surface area contributed by atoms with Crippen LogP contribution in [0.25, 0.3) is 0 Å². The van der Waals surface area contributed by atoms with Gasteiger partial charge < -0.3 is 15.1 Å². The van der Waals surface area contributed by atoms with Gasteiger partial charge in [0.25, 0.3) is 5.91 Å². The Balaban J connectivity index is 2.75. The fourth-order valence-electron chi connectivity index (χ4n) is 1.38. The smallest absolute Gasteiger partial charge is 0.257 e. The predicted octanol–water partition coefficient (Wildman–Crippen LogP) is 2.34. The van der Waals surface area contributed by atoms with E-state index in [1.807, 2.05) is 6.92 Å². The Morgan fingerprint density at radius 1 is 1.47 bits per heavy atom. The van der Waals surface area contributed by atoms with E-state index >= 15 is 0 Å². The summed E-state index contributed by atoms with van der Waals surface area (Å²) < 4.78 is 0. The highest BCUT2D eigenvalue weighted by Gasteiger charge is 2.16. The topological polar surface area (TPSA) is 60.8 Å². The van der Waals surface area contributed by atoms with Crippen LogP contribution in [0.2, 0.25) is 0 Å². The summed E-state index contributed by atoms with van der Waals surface area (Å²) in [4.78, 5) is 13.8. The SMILES string of the molecule is CC(Br)CCN(C)C(=O)c1ccc(O)cc1O. The second-order valence-corrected chi connectivity index (χ2v) is 5.56. The lowest BCUT2D eigenvalue weighted by atomic mass is 10.1. The Morgan fingerprint density at radius 2 is 2.12 bits per heavy atom. The summed E-state index contributed by atoms with van der Waals surface area (Å²) in [6, 6.07) is 3.96. The number of phenols is 2. The fourth-order valence-corrected chi connectivity index (χ4v) is 1.58. The number of halogens is 1. The normalized spacial score (nSPS) is 12.2. The molecule has 0 spiro atoms. The Labute approximate surface area is 109 Å². The van der Waals surface area contributed by atoms with Gasteiger partial charge in [0.05, 0.1) is 5.56 Å². The molecule has 1 amide bonds. The summed E-state index contributed by atoms with van der Waals surface area (Å²) in [7, 11) is 1.68. The molecule has 1 aromatic rings. The molecule has 17 heavy (non-hydrogen) atoms. The van der Waals surface area contributed by atoms with E-state index in [-0.39, 0.29) is 23.0 Å². The Kier molecular flexibility index (Phi) is 4.81. The quantitative estimate of drug-likeness (QED) is 0.839. The second-order valence-electron chi connectivity index (χ2n) is 4.00. The summed E-state index contributed by atoms with van der Waals surface area (Å²) in [6.45, 7) is 2.61. The third kappa shape index (κ3) is 3.93. The number of amides is 1. The second kappa shape index (κ2) is 5.91. The van der Waals surface area contributed by atoms with E-state index in [1.54, 1.807) is 11.9 Å². The zero-order valence-electron chi connectivity index (χ0n) is 9.85. The van der Waals surface area contributed by atoms with Gasteiger partial charge in [-0.25, -0.2) is 0 Å². The number of carbonyl (C=O) groups excluding carboxylic acids is 1. The highest BCUT2D eigenvalue weighted by molar-refractivity contribution is 9.09. The van der Waals surface area contributed by atoms with Crippen molar-refractivity contribution < 1.29 is 15.0 Å². The zero-order chi connectivity index (χ0) is 13.0. The molecule has 1 unspecified atom stereocenters. The summed E-state index contributed by atoms with van der Waals surface area (Å²) in [5.41, 5.74) is 0.201. The van der Waals surface area contributed by atoms with E-state index in [9.17, 15) is 9.90 Å². The van der Waals surface area contributed by atoms with Crippen LogP contribution in [0, 0.1) is 0 Å². The zero-order valence-corrected chi connectivity index (χ0v) is 11.4. The molecule has 94 valence electrons. The van der Waals surface area contributed by atoms with Crippen molar-refractivity contribution in [1.29, 1.82) is 0 Å². The minimum atomic E-state index is -0.254. The van der Waals surface area contributed by atoms with Crippen LogP contribution in [-0.2, 0) is 0 Å². The number of rotatable bonds is 4. The van der Waals surface area contributed by atoms with Crippen LogP contribution in [-0.4, -0.2) is 39.4 Å². The average Bonchev–Trinajstić information content (AvgIpc) is 2.25. The van der Waals surface area contributed by atoms with Crippen LogP contribution in [0.4, 0.5) is 0 Å². The van der Waals surface area contributed by atoms with Crippen LogP contribution in [0.5, 0.6) is 11.5 Å². The number of nitrogens with zero attached hydrogens (tertiary/aromatic N) is 1. The molecule has 1 aromatic carbocycles. The molecule has 4 nitrogen and oxygen atoms in total. The van der Waals surface area contributed by atoms with Crippen molar-refractivity contribution in [1.82, 2.24) is 4.90 Å². The van der Waals surface area contributed by atoms with Crippen LogP contribution < -0.4 is 0 Å². The van der Waals surface area contributed by atoms with E-state index in [0.29, 0.717) is 11.4 Å². The molecule has 0 heterocycles. The van der Waals surface area contributed by atoms with Gasteiger partial charge in [-0.2, -0.15) is 0 Å². The van der Waals surface area contributed by atoms with E-state index in [0.717, 1.165) is 12.5 Å². The van der Waals surface area contributed by atoms with Gasteiger partial charge in [-0.3, -0.25) is 4.79 Å². The van der Waals surface area contributed by atoms with E-state index in [4.69, 9.17) is 5.11 Å². The summed E-state index contributed by atoms with van der Waals surface area (Å²) in [5, 5.41) is 18.7. The molecule has 0 saturated carbocycles. The minimum absolute atomic E-state index is 0.0595. The molecule has 0 aliphatic carbocycles. The molecular formula is C12H16BrNO3. The van der Waals surface area contributed by atoms with Gasteiger partial charge in [0.15, 0.2) is 0 Å². The molecule has 1 atom stereocenters. The van der Waals surface area contributed by atoms with Gasteiger partial charge in [0.1, 0.15) is 11.5 Å². The maximum Gasteiger partial charge on any atom is 0.257 e. The van der Waals surface area contributed by atoms with Gasteiger partial charge in [0.2, 0.25) is 0 Å². The third-order valence-electron chi connectivity index (χ3n) is 2.42. The standard InChI is InChI=1S/C12H16BrNO3/c1-8(13)5-6-14(2)12(17)10-4-3-9(15)7-11(10)16/h3-4,7-8,15-16H,5-6H2,1-2H3. The van der Waals surface area contributed by atoms with Crippen molar-refractivity contribution in [3.8, 4) is 11.5 Å². The number of hydrogen-bond acceptors (Lipinski definition) is 3. The summed E-state index contributed by atoms with van der Waals surface area (Å²) in [6.07, 6.45) is 0.834. The molecule has 5 heteroatoms. The lowest BCUT2D eigenvalue weighted by Crippen LogP contribution is -2.28. The van der Waals surface area contributed by atoms with Gasteiger partial charge in [-0.05, 0) is 18.6 Å². The number of carbonyl (C=O) groups is 1. The van der Waals surface area contributed by atoms with Crippen molar-refractivity contribution >= 4 is 21.8 Å². The minimum Gasteiger partial charge on any atom is -0.508 e. The molecular weight excluding hydrogens is 286 g/mol. The first-order valence-electron chi connectivity index (χ1n) is 5.33. The maximum atomic E-state index is 12.0. The summed E-state index contributed by atoms with van der Waals surface area (Å²) >= 11 is 3.41. The maximum absolute atomic E-state index is 12.0. The van der Waals surface area contributed by atoms with Gasteiger partial charge in [-0.15, -0.1) is 0 Å². The number of aromatic hydroxyl groups is 2. The van der Waals surface area contributed by atoms with Crippen molar-refractivity contribution in [2.75, 3.05) is 13.6 Å². The molecule has 0 aliphatic rings. The molecule has 0 aliphatic heterocycles. The predicted molar refractivity (Wildman–Crippen MR) is 69.7 cm³/mol. The molecule has 0 aromatic heterocycles. The van der Waals surface area contributed by atoms with Crippen LogP contribution in [0.1, 0.15) is 23.7 Å². The molecule has 0 bridgehead atoms. The summed E-state index contributed by atoms with van der Waals surface area (Å²) in [5.74, 6) is -0.514. The van der Waals surface area contributed by atoms with Crippen LogP contribution in [0.15, 0.2) is 18.2 Å². The van der Waals surface area contributed by atoms with E-state index < -0.39 is 0 Å². The van der Waals surface area contributed by atoms with Gasteiger partial charge in [0, 0.05) is 24.5 Å².